The average molecular weight is 454 g/mol. The summed E-state index contributed by atoms with van der Waals surface area (Å²) in [6.07, 6.45) is 4.93. The van der Waals surface area contributed by atoms with E-state index in [0.29, 0.717) is 12.4 Å². The first-order valence-electron chi connectivity index (χ1n) is 9.54. The molecule has 2 saturated carbocycles. The Balaban J connectivity index is 0.00000136. The van der Waals surface area contributed by atoms with E-state index < -0.39 is 6.67 Å². The fraction of sp³-hybridized carbons (Fsp3) is 0.524. The monoisotopic (exact) mass is 453 g/mol. The number of nitrogens with two attached hydrogens (primary N) is 1. The van der Waals surface area contributed by atoms with Crippen molar-refractivity contribution >= 4 is 33.4 Å². The van der Waals surface area contributed by atoms with Crippen LogP contribution in [0.4, 0.5) is 10.1 Å². The lowest BCUT2D eigenvalue weighted by atomic mass is 9.81. The first-order chi connectivity index (χ1) is 13.4. The zero-order valence-electron chi connectivity index (χ0n) is 16.2. The molecule has 2 fully saturated rings. The zero-order valence-corrected chi connectivity index (χ0v) is 17.8. The van der Waals surface area contributed by atoms with Gasteiger partial charge in [0.1, 0.15) is 5.84 Å². The van der Waals surface area contributed by atoms with Crippen molar-refractivity contribution < 1.29 is 14.4 Å². The Kier molecular flexibility index (Phi) is 7.63. The minimum absolute atomic E-state index is 0.0248. The number of anilines is 1. The molecular weight excluding hydrogens is 425 g/mol. The van der Waals surface area contributed by atoms with E-state index in [-0.39, 0.29) is 29.6 Å². The molecule has 154 valence electrons. The molecule has 1 aromatic carbocycles. The summed E-state index contributed by atoms with van der Waals surface area (Å²) in [6, 6.07) is 7.65. The van der Waals surface area contributed by atoms with E-state index in [9.17, 15) is 9.18 Å². The molecule has 2 aliphatic rings. The maximum absolute atomic E-state index is 12.8. The van der Waals surface area contributed by atoms with Gasteiger partial charge in [0, 0.05) is 28.5 Å². The summed E-state index contributed by atoms with van der Waals surface area (Å²) in [5.41, 5.74) is 6.53. The van der Waals surface area contributed by atoms with Crippen molar-refractivity contribution in [3.63, 3.8) is 0 Å². The highest BCUT2D eigenvalue weighted by atomic mass is 79.9. The number of amidine groups is 1. The number of carbonyl (C=O) groups excluding carboxylic acids is 1. The third-order valence-electron chi connectivity index (χ3n) is 6.07. The van der Waals surface area contributed by atoms with Crippen LogP contribution in [0.2, 0.25) is 0 Å². The first kappa shape index (κ1) is 22.4. The molecule has 7 heteroatoms. The Morgan fingerprint density at radius 1 is 1.32 bits per heavy atom. The SMILES string of the molecule is C=C.N/C(=N\O)C12CCC(CN(C(=O)CCCF)c3cccc(Br)c3)(CC1)C2. The molecule has 0 heterocycles. The lowest BCUT2D eigenvalue weighted by molar-refractivity contribution is -0.119. The molecular formula is C21H29BrFN3O2. The van der Waals surface area contributed by atoms with Crippen molar-refractivity contribution in [3.8, 4) is 0 Å². The Bertz CT molecular complexity index is 717. The quantitative estimate of drug-likeness (QED) is 0.199. The minimum atomic E-state index is -0.490. The molecule has 0 radical (unpaired) electrons. The van der Waals surface area contributed by atoms with Crippen molar-refractivity contribution in [1.29, 1.82) is 0 Å². The molecule has 0 aromatic heterocycles. The van der Waals surface area contributed by atoms with Crippen LogP contribution in [-0.4, -0.2) is 30.2 Å². The van der Waals surface area contributed by atoms with Crippen LogP contribution in [0.25, 0.3) is 0 Å². The maximum atomic E-state index is 12.8. The smallest absolute Gasteiger partial charge is 0.227 e. The molecule has 3 N–H and O–H groups in total. The number of rotatable bonds is 7. The lowest BCUT2D eigenvalue weighted by Gasteiger charge is -2.34. The largest absolute Gasteiger partial charge is 0.409 e. The lowest BCUT2D eigenvalue weighted by Crippen LogP contribution is -2.40. The highest BCUT2D eigenvalue weighted by molar-refractivity contribution is 9.10. The second-order valence-corrected chi connectivity index (χ2v) is 8.61. The van der Waals surface area contributed by atoms with Crippen LogP contribution in [0, 0.1) is 10.8 Å². The average Bonchev–Trinajstić information content (AvgIpc) is 3.29. The Morgan fingerprint density at radius 3 is 2.57 bits per heavy atom. The predicted octanol–water partition coefficient (Wildman–Crippen LogP) is 5.03. The number of hydrogen-bond acceptors (Lipinski definition) is 3. The summed E-state index contributed by atoms with van der Waals surface area (Å²) in [6.45, 7) is 6.10. The number of fused-ring (bicyclic) bond motifs is 2. The van der Waals surface area contributed by atoms with Crippen molar-refractivity contribution in [1.82, 2.24) is 0 Å². The number of amides is 1. The van der Waals surface area contributed by atoms with E-state index in [1.54, 1.807) is 4.90 Å². The fourth-order valence-electron chi connectivity index (χ4n) is 4.65. The van der Waals surface area contributed by atoms with Crippen molar-refractivity contribution in [2.75, 3.05) is 18.1 Å². The topological polar surface area (TPSA) is 78.9 Å². The van der Waals surface area contributed by atoms with Gasteiger partial charge in [0.05, 0.1) is 6.67 Å². The number of alkyl halides is 1. The standard InChI is InChI=1S/C19H25BrFN3O2.C2H4/c20-14-3-1-4-15(11-14)24(16(25)5-2-10-21)13-18-6-8-19(12-18,9-7-18)17(22)23-26;1-2/h1,3-4,11,26H,2,5-10,12-13H2,(H2,22,23);1-2H2. The van der Waals surface area contributed by atoms with Crippen LogP contribution in [-0.2, 0) is 4.79 Å². The van der Waals surface area contributed by atoms with E-state index in [0.717, 1.165) is 42.3 Å². The van der Waals surface area contributed by atoms with Gasteiger partial charge < -0.3 is 15.8 Å². The number of halogens is 2. The van der Waals surface area contributed by atoms with Crippen molar-refractivity contribution in [3.05, 3.63) is 41.9 Å². The van der Waals surface area contributed by atoms with Gasteiger partial charge in [-0.25, -0.2) is 0 Å². The van der Waals surface area contributed by atoms with Gasteiger partial charge >= 0.3 is 0 Å². The Hall–Kier alpha value is -1.89. The molecule has 0 spiro atoms. The van der Waals surface area contributed by atoms with E-state index >= 15 is 0 Å². The van der Waals surface area contributed by atoms with Gasteiger partial charge in [-0.15, -0.1) is 13.2 Å². The summed E-state index contributed by atoms with van der Waals surface area (Å²) in [4.78, 5) is 14.6. The number of hydrogen-bond donors (Lipinski definition) is 2. The normalized spacial score (nSPS) is 25.9. The second-order valence-electron chi connectivity index (χ2n) is 7.69. The van der Waals surface area contributed by atoms with Crippen LogP contribution >= 0.6 is 15.9 Å². The van der Waals surface area contributed by atoms with Crippen LogP contribution in [0.1, 0.15) is 44.9 Å². The maximum Gasteiger partial charge on any atom is 0.227 e. The van der Waals surface area contributed by atoms with E-state index in [1.165, 1.54) is 0 Å². The zero-order chi connectivity index (χ0) is 20.8. The van der Waals surface area contributed by atoms with Crippen LogP contribution < -0.4 is 10.6 Å². The van der Waals surface area contributed by atoms with E-state index in [4.69, 9.17) is 10.9 Å². The summed E-state index contributed by atoms with van der Waals surface area (Å²) >= 11 is 3.46. The van der Waals surface area contributed by atoms with Crippen molar-refractivity contribution in [2.24, 2.45) is 21.7 Å². The molecule has 5 nitrogen and oxygen atoms in total. The van der Waals surface area contributed by atoms with Gasteiger partial charge in [-0.05, 0) is 62.1 Å². The highest BCUT2D eigenvalue weighted by Crippen LogP contribution is 2.62. The molecule has 3 rings (SSSR count). The van der Waals surface area contributed by atoms with E-state index in [2.05, 4.69) is 34.2 Å². The number of oxime groups is 1. The van der Waals surface area contributed by atoms with Crippen LogP contribution in [0.15, 0.2) is 47.1 Å². The Labute approximate surface area is 174 Å². The molecule has 2 bridgehead atoms. The fourth-order valence-corrected chi connectivity index (χ4v) is 5.04. The second kappa shape index (κ2) is 9.54. The number of benzene rings is 1. The molecule has 1 aromatic rings. The van der Waals surface area contributed by atoms with Gasteiger partial charge in [-0.1, -0.05) is 27.2 Å². The third kappa shape index (κ3) is 4.57. The molecule has 0 unspecified atom stereocenters. The minimum Gasteiger partial charge on any atom is -0.409 e. The highest BCUT2D eigenvalue weighted by Gasteiger charge is 2.57. The van der Waals surface area contributed by atoms with Gasteiger partial charge in [-0.2, -0.15) is 0 Å². The molecule has 2 aliphatic carbocycles. The van der Waals surface area contributed by atoms with Gasteiger partial charge in [0.2, 0.25) is 5.91 Å². The summed E-state index contributed by atoms with van der Waals surface area (Å²) in [5.74, 6) is 0.262. The van der Waals surface area contributed by atoms with Gasteiger partial charge in [0.25, 0.3) is 0 Å². The predicted molar refractivity (Wildman–Crippen MR) is 114 cm³/mol. The Morgan fingerprint density at radius 2 is 2.00 bits per heavy atom. The molecule has 0 aliphatic heterocycles. The van der Waals surface area contributed by atoms with E-state index in [1.807, 2.05) is 24.3 Å². The van der Waals surface area contributed by atoms with Crippen molar-refractivity contribution in [2.45, 2.75) is 44.9 Å². The first-order valence-corrected chi connectivity index (χ1v) is 10.3. The third-order valence-corrected chi connectivity index (χ3v) is 6.56. The summed E-state index contributed by atoms with van der Waals surface area (Å²) in [7, 11) is 0. The van der Waals surface area contributed by atoms with Gasteiger partial charge in [-0.3, -0.25) is 9.18 Å². The molecule has 0 saturated heterocycles. The molecule has 0 atom stereocenters. The van der Waals surface area contributed by atoms with Crippen LogP contribution in [0.3, 0.4) is 0 Å². The number of nitrogens with zero attached hydrogens (tertiary/aromatic N) is 2. The van der Waals surface area contributed by atoms with Crippen LogP contribution in [0.5, 0.6) is 0 Å². The number of carbonyl (C=O) groups is 1. The molecule has 28 heavy (non-hydrogen) atoms. The van der Waals surface area contributed by atoms with Gasteiger partial charge in [0.15, 0.2) is 0 Å². The molecule has 1 amide bonds. The summed E-state index contributed by atoms with van der Waals surface area (Å²) < 4.78 is 13.5. The summed E-state index contributed by atoms with van der Waals surface area (Å²) in [5, 5.41) is 12.4.